The highest BCUT2D eigenvalue weighted by Gasteiger charge is 2.23. The Hall–Kier alpha value is -3.94. The van der Waals surface area contributed by atoms with Crippen LogP contribution in [0.1, 0.15) is 35.2 Å². The van der Waals surface area contributed by atoms with Gasteiger partial charge in [0.05, 0.1) is 18.2 Å². The van der Waals surface area contributed by atoms with Gasteiger partial charge in [-0.3, -0.25) is 4.90 Å². The summed E-state index contributed by atoms with van der Waals surface area (Å²) in [6.45, 7) is 8.90. The summed E-state index contributed by atoms with van der Waals surface area (Å²) >= 11 is 0. The Balaban J connectivity index is 1.05. The first-order chi connectivity index (χ1) is 20.5. The molecular weight excluding hydrogens is 520 g/mol. The number of aliphatic hydroxyl groups is 1. The Morgan fingerprint density at radius 1 is 0.857 bits per heavy atom. The van der Waals surface area contributed by atoms with Crippen molar-refractivity contribution in [2.75, 3.05) is 42.9 Å². The van der Waals surface area contributed by atoms with Gasteiger partial charge in [-0.1, -0.05) is 35.9 Å². The number of rotatable bonds is 7. The molecule has 5 aromatic rings. The Morgan fingerprint density at radius 3 is 2.57 bits per heavy atom. The van der Waals surface area contributed by atoms with Crippen molar-refractivity contribution < 1.29 is 5.11 Å². The Kier molecular flexibility index (Phi) is 7.30. The largest absolute Gasteiger partial charge is 0.390 e. The summed E-state index contributed by atoms with van der Waals surface area (Å²) in [5, 5.41) is 17.1. The van der Waals surface area contributed by atoms with Crippen LogP contribution in [-0.2, 0) is 19.4 Å². The first-order valence-corrected chi connectivity index (χ1v) is 15.4. The fourth-order valence-electron chi connectivity index (χ4n) is 6.79. The molecular formula is C35H40N6O. The van der Waals surface area contributed by atoms with Gasteiger partial charge in [-0.25, -0.2) is 4.98 Å². The van der Waals surface area contributed by atoms with E-state index in [-0.39, 0.29) is 0 Å². The number of benzene rings is 3. The van der Waals surface area contributed by atoms with Crippen molar-refractivity contribution in [1.82, 2.24) is 19.4 Å². The van der Waals surface area contributed by atoms with E-state index in [2.05, 4.69) is 94.2 Å². The topological polar surface area (TPSA) is 69.5 Å². The molecule has 2 N–H and O–H groups in total. The zero-order valence-electron chi connectivity index (χ0n) is 24.7. The van der Waals surface area contributed by atoms with Crippen LogP contribution in [0.2, 0.25) is 0 Å². The lowest BCUT2D eigenvalue weighted by atomic mass is 9.90. The summed E-state index contributed by atoms with van der Waals surface area (Å²) in [5.41, 5.74) is 8.65. The molecule has 216 valence electrons. The number of hydrogen-bond acceptors (Lipinski definition) is 6. The van der Waals surface area contributed by atoms with Crippen LogP contribution in [-0.4, -0.2) is 63.4 Å². The van der Waals surface area contributed by atoms with Crippen molar-refractivity contribution in [3.05, 3.63) is 89.1 Å². The highest BCUT2D eigenvalue weighted by atomic mass is 16.3. The van der Waals surface area contributed by atoms with Crippen LogP contribution >= 0.6 is 0 Å². The summed E-state index contributed by atoms with van der Waals surface area (Å²) in [7, 11) is 0. The van der Waals surface area contributed by atoms with Crippen LogP contribution in [0, 0.1) is 13.8 Å². The number of hydrogen-bond donors (Lipinski definition) is 2. The molecule has 7 heteroatoms. The first-order valence-electron chi connectivity index (χ1n) is 15.4. The van der Waals surface area contributed by atoms with E-state index in [1.54, 1.807) is 0 Å². The second-order valence-electron chi connectivity index (χ2n) is 12.1. The number of aliphatic hydroxyl groups excluding tert-OH is 1. The van der Waals surface area contributed by atoms with Crippen LogP contribution < -0.4 is 10.2 Å². The smallest absolute Gasteiger partial charge is 0.227 e. The van der Waals surface area contributed by atoms with E-state index < -0.39 is 6.10 Å². The summed E-state index contributed by atoms with van der Waals surface area (Å²) in [6, 6.07) is 23.6. The summed E-state index contributed by atoms with van der Waals surface area (Å²) in [5.74, 6) is 1.64. The predicted octanol–water partition coefficient (Wildman–Crippen LogP) is 6.01. The lowest BCUT2D eigenvalue weighted by Gasteiger charge is -2.36. The van der Waals surface area contributed by atoms with Gasteiger partial charge in [-0.15, -0.1) is 0 Å². The molecule has 1 unspecified atom stereocenters. The molecule has 3 heterocycles. The van der Waals surface area contributed by atoms with Gasteiger partial charge >= 0.3 is 0 Å². The van der Waals surface area contributed by atoms with Crippen molar-refractivity contribution >= 4 is 39.3 Å². The lowest BCUT2D eigenvalue weighted by Crippen LogP contribution is -2.49. The maximum Gasteiger partial charge on any atom is 0.227 e. The van der Waals surface area contributed by atoms with Gasteiger partial charge in [0.15, 0.2) is 0 Å². The number of nitrogens with one attached hydrogen (secondary N) is 1. The normalized spacial score (nSPS) is 16.6. The van der Waals surface area contributed by atoms with Crippen LogP contribution in [0.4, 0.5) is 17.5 Å². The molecule has 42 heavy (non-hydrogen) atoms. The standard InChI is InChI=1S/C35H40N6O/c1-24-14-15-33-27(20-24)21-25(2)41(33)23-28(42)22-39-16-18-40(19-17-39)35-37-32-12-6-5-11-30(32)34(38-35)36-31-13-7-9-26-8-3-4-10-29(26)31/h5-7,9,11-15,20-21,28,42H,3-4,8,10,16-19,22-23H2,1-2H3,(H,36,37,38). The average Bonchev–Trinajstić information content (AvgIpc) is 3.30. The number of aromatic nitrogens is 3. The molecule has 7 nitrogen and oxygen atoms in total. The minimum Gasteiger partial charge on any atom is -0.390 e. The maximum atomic E-state index is 11.1. The van der Waals surface area contributed by atoms with E-state index in [1.807, 2.05) is 6.07 Å². The Morgan fingerprint density at radius 2 is 1.69 bits per heavy atom. The average molecular weight is 561 g/mol. The van der Waals surface area contributed by atoms with E-state index in [0.717, 1.165) is 61.7 Å². The number of aryl methyl sites for hydroxylation is 3. The van der Waals surface area contributed by atoms with Crippen molar-refractivity contribution in [1.29, 1.82) is 0 Å². The summed E-state index contributed by atoms with van der Waals surface area (Å²) < 4.78 is 2.25. The molecule has 7 rings (SSSR count). The Labute approximate surface area is 247 Å². The van der Waals surface area contributed by atoms with Gasteiger partial charge in [0, 0.05) is 60.4 Å². The zero-order chi connectivity index (χ0) is 28.6. The third-order valence-corrected chi connectivity index (χ3v) is 9.02. The molecule has 1 saturated heterocycles. The highest BCUT2D eigenvalue weighted by molar-refractivity contribution is 5.92. The monoisotopic (exact) mass is 560 g/mol. The molecule has 3 aromatic carbocycles. The van der Waals surface area contributed by atoms with E-state index in [0.29, 0.717) is 13.1 Å². The van der Waals surface area contributed by atoms with Gasteiger partial charge in [0.2, 0.25) is 5.95 Å². The second-order valence-corrected chi connectivity index (χ2v) is 12.1. The summed E-state index contributed by atoms with van der Waals surface area (Å²) in [6.07, 6.45) is 4.34. The molecule has 0 amide bonds. The van der Waals surface area contributed by atoms with E-state index in [1.165, 1.54) is 51.8 Å². The molecule has 2 aromatic heterocycles. The molecule has 1 aliphatic carbocycles. The van der Waals surface area contributed by atoms with E-state index in [9.17, 15) is 5.11 Å². The van der Waals surface area contributed by atoms with Gasteiger partial charge in [-0.05, 0) is 87.1 Å². The van der Waals surface area contributed by atoms with Crippen LogP contribution in [0.3, 0.4) is 0 Å². The van der Waals surface area contributed by atoms with Crippen LogP contribution in [0.25, 0.3) is 21.8 Å². The number of para-hydroxylation sites is 1. The number of nitrogens with zero attached hydrogens (tertiary/aromatic N) is 5. The predicted molar refractivity (Wildman–Crippen MR) is 172 cm³/mol. The quantitative estimate of drug-likeness (QED) is 0.254. The van der Waals surface area contributed by atoms with Crippen molar-refractivity contribution in [3.8, 4) is 0 Å². The molecule has 1 atom stereocenters. The maximum absolute atomic E-state index is 11.1. The van der Waals surface area contributed by atoms with Crippen molar-refractivity contribution in [2.45, 2.75) is 52.2 Å². The molecule has 0 spiro atoms. The minimum atomic E-state index is -0.434. The molecule has 1 fully saturated rings. The number of fused-ring (bicyclic) bond motifs is 3. The van der Waals surface area contributed by atoms with Gasteiger partial charge in [0.25, 0.3) is 0 Å². The second kappa shape index (κ2) is 11.4. The number of piperazine rings is 1. The van der Waals surface area contributed by atoms with Crippen LogP contribution in [0.15, 0.2) is 66.7 Å². The zero-order valence-corrected chi connectivity index (χ0v) is 24.7. The van der Waals surface area contributed by atoms with Gasteiger partial charge in [-0.2, -0.15) is 4.98 Å². The van der Waals surface area contributed by atoms with Crippen molar-refractivity contribution in [2.24, 2.45) is 0 Å². The SMILES string of the molecule is Cc1ccc2c(c1)cc(C)n2CC(O)CN1CCN(c2nc(Nc3cccc4c3CCCC4)c3ccccc3n2)CC1. The first kappa shape index (κ1) is 26.9. The Bertz CT molecular complexity index is 1740. The highest BCUT2D eigenvalue weighted by Crippen LogP contribution is 2.32. The van der Waals surface area contributed by atoms with E-state index >= 15 is 0 Å². The molecule has 1 aliphatic heterocycles. The molecule has 0 bridgehead atoms. The van der Waals surface area contributed by atoms with E-state index in [4.69, 9.17) is 9.97 Å². The lowest BCUT2D eigenvalue weighted by molar-refractivity contribution is 0.0954. The fraction of sp³-hybridized carbons (Fsp3) is 0.371. The molecule has 0 radical (unpaired) electrons. The number of β-amino-alcohol motifs (C(OH)–C–C–N with tert-alkyl or cyclic N) is 1. The fourth-order valence-corrected chi connectivity index (χ4v) is 6.79. The third-order valence-electron chi connectivity index (χ3n) is 9.02. The van der Waals surface area contributed by atoms with Crippen LogP contribution in [0.5, 0.6) is 0 Å². The van der Waals surface area contributed by atoms with Crippen molar-refractivity contribution in [3.63, 3.8) is 0 Å². The molecule has 0 saturated carbocycles. The minimum absolute atomic E-state index is 0.434. The van der Waals surface area contributed by atoms with Gasteiger partial charge < -0.3 is 19.9 Å². The molecule has 2 aliphatic rings. The number of anilines is 3. The van der Waals surface area contributed by atoms with Gasteiger partial charge in [0.1, 0.15) is 5.82 Å². The summed E-state index contributed by atoms with van der Waals surface area (Å²) in [4.78, 5) is 14.7. The third kappa shape index (κ3) is 5.35.